The van der Waals surface area contributed by atoms with Gasteiger partial charge in [-0.3, -0.25) is 14.5 Å². The lowest BCUT2D eigenvalue weighted by atomic mass is 10.3. The number of rotatable bonds is 5. The first-order valence-corrected chi connectivity index (χ1v) is 7.26. The van der Waals surface area contributed by atoms with Crippen molar-refractivity contribution in [2.24, 2.45) is 10.2 Å². The Labute approximate surface area is 125 Å². The number of amidine groups is 1. The summed E-state index contributed by atoms with van der Waals surface area (Å²) in [6.07, 6.45) is 1.32. The molecule has 1 fully saturated rings. The molecule has 21 heavy (non-hydrogen) atoms. The highest BCUT2D eigenvalue weighted by Gasteiger charge is 2.38. The number of carboxylic acids is 1. The van der Waals surface area contributed by atoms with E-state index in [2.05, 4.69) is 10.2 Å². The highest BCUT2D eigenvalue weighted by atomic mass is 32.2. The van der Waals surface area contributed by atoms with Crippen LogP contribution in [0.15, 0.2) is 33.0 Å². The predicted molar refractivity (Wildman–Crippen MR) is 79.4 cm³/mol. The van der Waals surface area contributed by atoms with Crippen LogP contribution in [0, 0.1) is 0 Å². The molecule has 1 N–H and O–H groups in total. The van der Waals surface area contributed by atoms with Crippen molar-refractivity contribution in [3.05, 3.63) is 24.2 Å². The highest BCUT2D eigenvalue weighted by molar-refractivity contribution is 8.15. The molecule has 7 nitrogen and oxygen atoms in total. The van der Waals surface area contributed by atoms with Crippen LogP contribution in [-0.2, 0) is 9.59 Å². The zero-order valence-electron chi connectivity index (χ0n) is 11.6. The maximum absolute atomic E-state index is 12.0. The Morgan fingerprint density at radius 2 is 2.33 bits per heavy atom. The van der Waals surface area contributed by atoms with Crippen molar-refractivity contribution in [1.82, 2.24) is 4.90 Å². The summed E-state index contributed by atoms with van der Waals surface area (Å²) in [5.41, 5.74) is 0.582. The Balaban J connectivity index is 2.18. The van der Waals surface area contributed by atoms with Crippen LogP contribution in [0.25, 0.3) is 0 Å². The van der Waals surface area contributed by atoms with Crippen LogP contribution in [0.3, 0.4) is 0 Å². The number of furan rings is 1. The monoisotopic (exact) mass is 309 g/mol. The van der Waals surface area contributed by atoms with E-state index >= 15 is 0 Å². The number of carbonyl (C=O) groups is 2. The van der Waals surface area contributed by atoms with Gasteiger partial charge in [0.2, 0.25) is 5.91 Å². The number of amides is 1. The Morgan fingerprint density at radius 3 is 2.90 bits per heavy atom. The number of hydrogen-bond donors (Lipinski definition) is 1. The quantitative estimate of drug-likeness (QED) is 0.661. The summed E-state index contributed by atoms with van der Waals surface area (Å²) in [5, 5.41) is 16.7. The lowest BCUT2D eigenvalue weighted by Gasteiger charge is -2.11. The molecule has 0 aliphatic carbocycles. The van der Waals surface area contributed by atoms with E-state index in [1.165, 1.54) is 11.2 Å². The second kappa shape index (κ2) is 6.57. The molecule has 0 saturated carbocycles. The third kappa shape index (κ3) is 3.52. The summed E-state index contributed by atoms with van der Waals surface area (Å²) in [5.74, 6) is -0.651. The fourth-order valence-corrected chi connectivity index (χ4v) is 2.96. The topological polar surface area (TPSA) is 95.5 Å². The average Bonchev–Trinajstić information content (AvgIpc) is 3.05. The molecule has 0 bridgehead atoms. The van der Waals surface area contributed by atoms with E-state index in [1.807, 2.05) is 0 Å². The summed E-state index contributed by atoms with van der Waals surface area (Å²) in [6, 6.07) is 3.51. The van der Waals surface area contributed by atoms with Gasteiger partial charge < -0.3 is 9.52 Å². The molecule has 1 amide bonds. The molecule has 112 valence electrons. The number of thioether (sulfide) groups is 1. The molecular weight excluding hydrogens is 294 g/mol. The van der Waals surface area contributed by atoms with E-state index in [0.29, 0.717) is 23.2 Å². The van der Waals surface area contributed by atoms with Crippen molar-refractivity contribution >= 4 is 34.5 Å². The first-order valence-electron chi connectivity index (χ1n) is 6.39. The number of carboxylic acid groups (broad SMARTS) is 1. The number of aliphatic carboxylic acids is 1. The second-order valence-corrected chi connectivity index (χ2v) is 5.50. The van der Waals surface area contributed by atoms with Crippen molar-refractivity contribution in [3.63, 3.8) is 0 Å². The van der Waals surface area contributed by atoms with Gasteiger partial charge in [0.1, 0.15) is 16.7 Å². The first-order chi connectivity index (χ1) is 10.0. The SMILES string of the molecule is CCN1C(=O)C(CC(=O)O)S/C1=N\N=C(/C)c1ccco1. The van der Waals surface area contributed by atoms with Crippen LogP contribution in [0.4, 0.5) is 0 Å². The normalized spacial score (nSPS) is 21.3. The van der Waals surface area contributed by atoms with Crippen molar-refractivity contribution < 1.29 is 19.1 Å². The van der Waals surface area contributed by atoms with Gasteiger partial charge in [0.25, 0.3) is 0 Å². The minimum atomic E-state index is -1.01. The molecule has 0 spiro atoms. The van der Waals surface area contributed by atoms with Gasteiger partial charge in [0.05, 0.1) is 12.7 Å². The summed E-state index contributed by atoms with van der Waals surface area (Å²) in [4.78, 5) is 24.3. The minimum absolute atomic E-state index is 0.222. The maximum atomic E-state index is 12.0. The third-order valence-electron chi connectivity index (χ3n) is 2.86. The van der Waals surface area contributed by atoms with E-state index in [0.717, 1.165) is 11.8 Å². The van der Waals surface area contributed by atoms with Crippen LogP contribution in [0.2, 0.25) is 0 Å². The number of hydrogen-bond acceptors (Lipinski definition) is 6. The molecular formula is C13H15N3O4S. The van der Waals surface area contributed by atoms with E-state index in [9.17, 15) is 9.59 Å². The zero-order chi connectivity index (χ0) is 15.4. The molecule has 1 atom stereocenters. The molecule has 1 aromatic rings. The fraction of sp³-hybridized carbons (Fsp3) is 0.385. The lowest BCUT2D eigenvalue weighted by molar-refractivity contribution is -0.139. The van der Waals surface area contributed by atoms with Gasteiger partial charge >= 0.3 is 5.97 Å². The van der Waals surface area contributed by atoms with Gasteiger partial charge in [0, 0.05) is 6.54 Å². The van der Waals surface area contributed by atoms with Gasteiger partial charge in [-0.1, -0.05) is 11.8 Å². The predicted octanol–water partition coefficient (Wildman–Crippen LogP) is 1.80. The standard InChI is InChI=1S/C13H15N3O4S/c1-3-16-12(19)10(7-11(17)18)21-13(16)15-14-8(2)9-5-4-6-20-9/h4-6,10H,3,7H2,1-2H3,(H,17,18)/b14-8+,15-13-. The Kier molecular flexibility index (Phi) is 4.79. The van der Waals surface area contributed by atoms with Crippen LogP contribution in [-0.4, -0.2) is 44.6 Å². The Hall–Kier alpha value is -2.09. The summed E-state index contributed by atoms with van der Waals surface area (Å²) in [6.45, 7) is 3.98. The molecule has 1 saturated heterocycles. The van der Waals surface area contributed by atoms with E-state index < -0.39 is 11.2 Å². The largest absolute Gasteiger partial charge is 0.481 e. The molecule has 2 rings (SSSR count). The van der Waals surface area contributed by atoms with Crippen molar-refractivity contribution in [2.45, 2.75) is 25.5 Å². The average molecular weight is 309 g/mol. The molecule has 1 aliphatic heterocycles. The molecule has 1 aliphatic rings. The fourth-order valence-electron chi connectivity index (χ4n) is 1.82. The van der Waals surface area contributed by atoms with E-state index in [-0.39, 0.29) is 12.3 Å². The van der Waals surface area contributed by atoms with Gasteiger partial charge in [-0.25, -0.2) is 0 Å². The number of carbonyl (C=O) groups excluding carboxylic acids is 1. The summed E-state index contributed by atoms with van der Waals surface area (Å²) in [7, 11) is 0. The lowest BCUT2D eigenvalue weighted by Crippen LogP contribution is -2.32. The van der Waals surface area contributed by atoms with Crippen molar-refractivity contribution in [3.8, 4) is 0 Å². The van der Waals surface area contributed by atoms with E-state index in [1.54, 1.807) is 26.0 Å². The molecule has 0 radical (unpaired) electrons. The van der Waals surface area contributed by atoms with Crippen molar-refractivity contribution in [1.29, 1.82) is 0 Å². The maximum Gasteiger partial charge on any atom is 0.305 e. The smallest absolute Gasteiger partial charge is 0.305 e. The Morgan fingerprint density at radius 1 is 1.57 bits per heavy atom. The molecule has 2 heterocycles. The van der Waals surface area contributed by atoms with Gasteiger partial charge in [-0.05, 0) is 26.0 Å². The first kappa shape index (κ1) is 15.3. The highest BCUT2D eigenvalue weighted by Crippen LogP contribution is 2.29. The van der Waals surface area contributed by atoms with Gasteiger partial charge in [0.15, 0.2) is 5.17 Å². The summed E-state index contributed by atoms with van der Waals surface area (Å²) < 4.78 is 5.19. The van der Waals surface area contributed by atoms with E-state index in [4.69, 9.17) is 9.52 Å². The summed E-state index contributed by atoms with van der Waals surface area (Å²) >= 11 is 1.13. The van der Waals surface area contributed by atoms with Crippen LogP contribution < -0.4 is 0 Å². The third-order valence-corrected chi connectivity index (χ3v) is 4.03. The molecule has 8 heteroatoms. The number of nitrogens with zero attached hydrogens (tertiary/aromatic N) is 3. The van der Waals surface area contributed by atoms with Crippen molar-refractivity contribution in [2.75, 3.05) is 6.54 Å². The zero-order valence-corrected chi connectivity index (χ0v) is 12.5. The minimum Gasteiger partial charge on any atom is -0.481 e. The Bertz CT molecular complexity index is 595. The molecule has 0 aromatic carbocycles. The van der Waals surface area contributed by atoms with Gasteiger partial charge in [-0.2, -0.15) is 0 Å². The van der Waals surface area contributed by atoms with Crippen LogP contribution in [0.5, 0.6) is 0 Å². The second-order valence-electron chi connectivity index (χ2n) is 4.33. The molecule has 1 unspecified atom stereocenters. The molecule has 1 aromatic heterocycles. The van der Waals surface area contributed by atoms with Gasteiger partial charge in [-0.15, -0.1) is 10.2 Å². The van der Waals surface area contributed by atoms with Crippen LogP contribution in [0.1, 0.15) is 26.0 Å². The van der Waals surface area contributed by atoms with Crippen LogP contribution >= 0.6 is 11.8 Å².